The molecular weight excluding hydrogens is 444 g/mol. The van der Waals surface area contributed by atoms with E-state index in [0.29, 0.717) is 22.3 Å². The standard InChI is InChI=1S/C20H17BrN2O2S2/c1-2-25-19(24)16-12-17(13-7-4-3-5-8-13)27-18(16)23-20(26)22-15-10-6-9-14(21)11-15/h3-12H,2H2,1H3,(H2,22,23,26). The van der Waals surface area contributed by atoms with Gasteiger partial charge < -0.3 is 15.4 Å². The highest BCUT2D eigenvalue weighted by Crippen LogP contribution is 2.36. The van der Waals surface area contributed by atoms with Crippen LogP contribution in [-0.4, -0.2) is 17.7 Å². The molecule has 0 aliphatic rings. The maximum absolute atomic E-state index is 12.4. The highest BCUT2D eigenvalue weighted by molar-refractivity contribution is 9.10. The lowest BCUT2D eigenvalue weighted by molar-refractivity contribution is 0.0528. The van der Waals surface area contributed by atoms with E-state index in [2.05, 4.69) is 26.6 Å². The normalized spacial score (nSPS) is 10.3. The van der Waals surface area contributed by atoms with Crippen molar-refractivity contribution in [1.29, 1.82) is 0 Å². The third-order valence-corrected chi connectivity index (χ3v) is 5.39. The van der Waals surface area contributed by atoms with Gasteiger partial charge in [0, 0.05) is 15.0 Å². The Kier molecular flexibility index (Phi) is 6.60. The van der Waals surface area contributed by atoms with Crippen LogP contribution in [0.2, 0.25) is 0 Å². The molecule has 0 atom stereocenters. The number of anilines is 2. The van der Waals surface area contributed by atoms with Crippen molar-refractivity contribution in [2.45, 2.75) is 6.92 Å². The molecule has 3 rings (SSSR count). The van der Waals surface area contributed by atoms with Crippen LogP contribution in [0.5, 0.6) is 0 Å². The van der Waals surface area contributed by atoms with E-state index in [1.807, 2.05) is 60.7 Å². The Bertz CT molecular complexity index is 958. The fourth-order valence-corrected chi connectivity index (χ4v) is 4.16. The molecule has 0 aliphatic heterocycles. The van der Waals surface area contributed by atoms with E-state index in [4.69, 9.17) is 17.0 Å². The summed E-state index contributed by atoms with van der Waals surface area (Å²) in [7, 11) is 0. The first-order valence-electron chi connectivity index (χ1n) is 8.26. The Morgan fingerprint density at radius 3 is 2.59 bits per heavy atom. The van der Waals surface area contributed by atoms with E-state index in [1.165, 1.54) is 11.3 Å². The van der Waals surface area contributed by atoms with Crippen LogP contribution >= 0.6 is 39.5 Å². The molecule has 0 unspecified atom stereocenters. The number of ether oxygens (including phenoxy) is 1. The lowest BCUT2D eigenvalue weighted by atomic mass is 10.1. The van der Waals surface area contributed by atoms with Crippen LogP contribution < -0.4 is 10.6 Å². The maximum Gasteiger partial charge on any atom is 0.341 e. The van der Waals surface area contributed by atoms with Crippen molar-refractivity contribution < 1.29 is 9.53 Å². The smallest absolute Gasteiger partial charge is 0.341 e. The molecule has 7 heteroatoms. The molecule has 4 nitrogen and oxygen atoms in total. The highest BCUT2D eigenvalue weighted by Gasteiger charge is 2.19. The van der Waals surface area contributed by atoms with Gasteiger partial charge >= 0.3 is 5.97 Å². The summed E-state index contributed by atoms with van der Waals surface area (Å²) in [5, 5.41) is 7.31. The first-order valence-corrected chi connectivity index (χ1v) is 10.3. The molecule has 0 bridgehead atoms. The number of thiocarbonyl (C=S) groups is 1. The van der Waals surface area contributed by atoms with E-state index in [1.54, 1.807) is 6.92 Å². The number of esters is 1. The fourth-order valence-electron chi connectivity index (χ4n) is 2.42. The number of benzene rings is 2. The lowest BCUT2D eigenvalue weighted by Gasteiger charge is -2.10. The summed E-state index contributed by atoms with van der Waals surface area (Å²) in [5.41, 5.74) is 2.35. The molecule has 0 aliphatic carbocycles. The number of hydrogen-bond donors (Lipinski definition) is 2. The zero-order chi connectivity index (χ0) is 19.2. The number of carbonyl (C=O) groups is 1. The molecule has 0 spiro atoms. The third kappa shape index (κ3) is 5.15. The van der Waals surface area contributed by atoms with Crippen LogP contribution in [0.1, 0.15) is 17.3 Å². The van der Waals surface area contributed by atoms with Gasteiger partial charge in [0.1, 0.15) is 5.00 Å². The van der Waals surface area contributed by atoms with Crippen LogP contribution in [-0.2, 0) is 4.74 Å². The Balaban J connectivity index is 1.85. The number of thiophene rings is 1. The highest BCUT2D eigenvalue weighted by atomic mass is 79.9. The minimum atomic E-state index is -0.372. The largest absolute Gasteiger partial charge is 0.462 e. The SMILES string of the molecule is CCOC(=O)c1cc(-c2ccccc2)sc1NC(=S)Nc1cccc(Br)c1. The number of nitrogens with one attached hydrogen (secondary N) is 2. The quantitative estimate of drug-likeness (QED) is 0.352. The molecule has 0 saturated carbocycles. The molecular formula is C20H17BrN2O2S2. The van der Waals surface area contributed by atoms with Gasteiger partial charge in [0.2, 0.25) is 0 Å². The molecule has 0 fully saturated rings. The predicted octanol–water partition coefficient (Wildman–Crippen LogP) is 6.16. The van der Waals surface area contributed by atoms with Gasteiger partial charge in [-0.3, -0.25) is 0 Å². The Morgan fingerprint density at radius 1 is 1.11 bits per heavy atom. The average Bonchev–Trinajstić information content (AvgIpc) is 3.06. The molecule has 0 radical (unpaired) electrons. The van der Waals surface area contributed by atoms with Gasteiger partial charge in [0.15, 0.2) is 5.11 Å². The van der Waals surface area contributed by atoms with Gasteiger partial charge in [-0.2, -0.15) is 0 Å². The molecule has 0 saturated heterocycles. The summed E-state index contributed by atoms with van der Waals surface area (Å²) in [6, 6.07) is 19.4. The maximum atomic E-state index is 12.4. The Morgan fingerprint density at radius 2 is 1.89 bits per heavy atom. The number of hydrogen-bond acceptors (Lipinski definition) is 4. The summed E-state index contributed by atoms with van der Waals surface area (Å²) >= 11 is 10.3. The second-order valence-electron chi connectivity index (χ2n) is 5.53. The van der Waals surface area contributed by atoms with Crippen molar-refractivity contribution in [3.63, 3.8) is 0 Å². The van der Waals surface area contributed by atoms with Gasteiger partial charge in [-0.1, -0.05) is 52.3 Å². The average molecular weight is 461 g/mol. The van der Waals surface area contributed by atoms with E-state index in [0.717, 1.165) is 20.6 Å². The number of halogens is 1. The van der Waals surface area contributed by atoms with E-state index in [-0.39, 0.29) is 5.97 Å². The molecule has 2 aromatic carbocycles. The first kappa shape index (κ1) is 19.5. The zero-order valence-corrected chi connectivity index (χ0v) is 17.7. The molecule has 2 N–H and O–H groups in total. The number of rotatable bonds is 5. The summed E-state index contributed by atoms with van der Waals surface area (Å²) in [6.45, 7) is 2.10. The van der Waals surface area contributed by atoms with Crippen molar-refractivity contribution in [3.05, 3.63) is 70.7 Å². The van der Waals surface area contributed by atoms with E-state index < -0.39 is 0 Å². The zero-order valence-electron chi connectivity index (χ0n) is 14.5. The molecule has 0 amide bonds. The topological polar surface area (TPSA) is 50.4 Å². The van der Waals surface area contributed by atoms with Gasteiger partial charge in [0.25, 0.3) is 0 Å². The van der Waals surface area contributed by atoms with Crippen molar-refractivity contribution >= 4 is 61.3 Å². The van der Waals surface area contributed by atoms with Crippen molar-refractivity contribution in [3.8, 4) is 10.4 Å². The van der Waals surface area contributed by atoms with Crippen LogP contribution in [0.25, 0.3) is 10.4 Å². The second-order valence-corrected chi connectivity index (χ2v) is 7.91. The summed E-state index contributed by atoms with van der Waals surface area (Å²) in [5.74, 6) is -0.372. The summed E-state index contributed by atoms with van der Waals surface area (Å²) in [6.07, 6.45) is 0. The fraction of sp³-hybridized carbons (Fsp3) is 0.100. The molecule has 3 aromatic rings. The molecule has 1 aromatic heterocycles. The van der Waals surface area contributed by atoms with E-state index in [9.17, 15) is 4.79 Å². The summed E-state index contributed by atoms with van der Waals surface area (Å²) in [4.78, 5) is 13.3. The molecule has 27 heavy (non-hydrogen) atoms. The molecule has 1 heterocycles. The minimum Gasteiger partial charge on any atom is -0.462 e. The Hall–Kier alpha value is -2.22. The first-order chi connectivity index (χ1) is 13.1. The van der Waals surface area contributed by atoms with Gasteiger partial charge in [0.05, 0.1) is 12.2 Å². The summed E-state index contributed by atoms with van der Waals surface area (Å²) < 4.78 is 6.14. The van der Waals surface area contributed by atoms with E-state index >= 15 is 0 Å². The van der Waals surface area contributed by atoms with Crippen molar-refractivity contribution in [2.75, 3.05) is 17.2 Å². The van der Waals surface area contributed by atoms with Crippen LogP contribution in [0.4, 0.5) is 10.7 Å². The van der Waals surface area contributed by atoms with Crippen molar-refractivity contribution in [2.24, 2.45) is 0 Å². The predicted molar refractivity (Wildman–Crippen MR) is 120 cm³/mol. The van der Waals surface area contributed by atoms with Crippen LogP contribution in [0, 0.1) is 0 Å². The minimum absolute atomic E-state index is 0.315. The molecule has 138 valence electrons. The number of carbonyl (C=O) groups excluding carboxylic acids is 1. The van der Waals surface area contributed by atoms with Gasteiger partial charge in [-0.25, -0.2) is 4.79 Å². The van der Waals surface area contributed by atoms with Crippen molar-refractivity contribution in [1.82, 2.24) is 0 Å². The monoisotopic (exact) mass is 460 g/mol. The lowest BCUT2D eigenvalue weighted by Crippen LogP contribution is -2.20. The van der Waals surface area contributed by atoms with Crippen LogP contribution in [0.15, 0.2) is 65.1 Å². The Labute approximate surface area is 175 Å². The van der Waals surface area contributed by atoms with Crippen LogP contribution in [0.3, 0.4) is 0 Å². The van der Waals surface area contributed by atoms with Gasteiger partial charge in [-0.05, 0) is 49.0 Å². The second kappa shape index (κ2) is 9.12. The van der Waals surface area contributed by atoms with Gasteiger partial charge in [-0.15, -0.1) is 11.3 Å². The third-order valence-electron chi connectivity index (χ3n) is 3.60.